The molecule has 86 valence electrons. The molecule has 2 aromatic rings. The average molecular weight is 217 g/mol. The van der Waals surface area contributed by atoms with Gasteiger partial charge in [-0.3, -0.25) is 0 Å². The van der Waals surface area contributed by atoms with Crippen LogP contribution in [0.25, 0.3) is 11.0 Å². The molecule has 2 rings (SSSR count). The largest absolute Gasteiger partial charge is 0.335 e. The number of hydrogen-bond donors (Lipinski definition) is 0. The van der Waals surface area contributed by atoms with Crippen LogP contribution in [0.2, 0.25) is 0 Å². The molecule has 0 aliphatic carbocycles. The Morgan fingerprint density at radius 3 is 2.31 bits per heavy atom. The van der Waals surface area contributed by atoms with Crippen molar-refractivity contribution in [2.24, 2.45) is 7.05 Å². The van der Waals surface area contributed by atoms with Gasteiger partial charge in [0.25, 0.3) is 0 Å². The first-order valence-electron chi connectivity index (χ1n) is 5.83. The lowest BCUT2D eigenvalue weighted by Gasteiger charge is -2.11. The molecule has 0 aliphatic heterocycles. The minimum Gasteiger partial charge on any atom is -0.335 e. The topological polar surface area (TPSA) is 30.7 Å². The Labute approximate surface area is 96.5 Å². The van der Waals surface area contributed by atoms with E-state index in [1.54, 1.807) is 0 Å². The number of fused-ring (bicyclic) bond motifs is 1. The molecule has 0 aromatic carbocycles. The molecule has 16 heavy (non-hydrogen) atoms. The highest BCUT2D eigenvalue weighted by Gasteiger charge is 2.14. The van der Waals surface area contributed by atoms with Crippen molar-refractivity contribution < 1.29 is 0 Å². The zero-order valence-electron chi connectivity index (χ0n) is 10.7. The van der Waals surface area contributed by atoms with Crippen LogP contribution in [-0.2, 0) is 7.05 Å². The molecule has 3 heteroatoms. The lowest BCUT2D eigenvalue weighted by atomic mass is 10.1. The van der Waals surface area contributed by atoms with Crippen LogP contribution in [0.5, 0.6) is 0 Å². The summed E-state index contributed by atoms with van der Waals surface area (Å²) in [6.45, 7) is 8.63. The fraction of sp³-hybridized carbons (Fsp3) is 0.538. The molecule has 0 fully saturated rings. The Balaban J connectivity index is 2.75. The van der Waals surface area contributed by atoms with E-state index < -0.39 is 0 Å². The van der Waals surface area contributed by atoms with Crippen LogP contribution in [0.1, 0.15) is 51.0 Å². The fourth-order valence-corrected chi connectivity index (χ4v) is 1.88. The molecule has 0 bridgehead atoms. The summed E-state index contributed by atoms with van der Waals surface area (Å²) in [7, 11) is 2.03. The fourth-order valence-electron chi connectivity index (χ4n) is 1.88. The smallest absolute Gasteiger partial charge is 0.143 e. The highest BCUT2D eigenvalue weighted by molar-refractivity contribution is 5.79. The highest BCUT2D eigenvalue weighted by atomic mass is 15.0. The molecule has 0 N–H and O–H groups in total. The molecule has 0 saturated heterocycles. The molecule has 0 amide bonds. The Morgan fingerprint density at radius 2 is 1.75 bits per heavy atom. The van der Waals surface area contributed by atoms with Gasteiger partial charge in [0.05, 0.1) is 5.69 Å². The maximum Gasteiger partial charge on any atom is 0.143 e. The predicted molar refractivity (Wildman–Crippen MR) is 66.7 cm³/mol. The summed E-state index contributed by atoms with van der Waals surface area (Å²) >= 11 is 0. The third kappa shape index (κ3) is 1.70. The third-order valence-electron chi connectivity index (χ3n) is 2.83. The standard InChI is InChI=1S/C13H19N3/c1-8(2)11-10-6-7-16(5)13(10)15-12(14-11)9(3)4/h6-9H,1-5H3. The van der Waals surface area contributed by atoms with E-state index in [0.29, 0.717) is 11.8 Å². The van der Waals surface area contributed by atoms with E-state index in [9.17, 15) is 0 Å². The quantitative estimate of drug-likeness (QED) is 0.773. The maximum absolute atomic E-state index is 4.69. The summed E-state index contributed by atoms with van der Waals surface area (Å²) in [5, 5.41) is 1.18. The van der Waals surface area contributed by atoms with Crippen LogP contribution in [0, 0.1) is 0 Å². The molecule has 0 aliphatic rings. The van der Waals surface area contributed by atoms with Crippen LogP contribution in [0.3, 0.4) is 0 Å². The van der Waals surface area contributed by atoms with Gasteiger partial charge in [0.15, 0.2) is 0 Å². The number of aryl methyl sites for hydroxylation is 1. The van der Waals surface area contributed by atoms with E-state index in [0.717, 1.165) is 17.2 Å². The van der Waals surface area contributed by atoms with Gasteiger partial charge < -0.3 is 4.57 Å². The second-order valence-electron chi connectivity index (χ2n) is 4.94. The average Bonchev–Trinajstić information content (AvgIpc) is 2.59. The van der Waals surface area contributed by atoms with Gasteiger partial charge in [-0.1, -0.05) is 27.7 Å². The minimum absolute atomic E-state index is 0.372. The Hall–Kier alpha value is -1.38. The maximum atomic E-state index is 4.69. The van der Waals surface area contributed by atoms with E-state index in [4.69, 9.17) is 0 Å². The molecule has 2 aromatic heterocycles. The van der Waals surface area contributed by atoms with E-state index >= 15 is 0 Å². The molecular weight excluding hydrogens is 198 g/mol. The summed E-state index contributed by atoms with van der Waals surface area (Å²) in [6.07, 6.45) is 2.05. The van der Waals surface area contributed by atoms with Gasteiger partial charge >= 0.3 is 0 Å². The van der Waals surface area contributed by atoms with Gasteiger partial charge in [-0.25, -0.2) is 9.97 Å². The van der Waals surface area contributed by atoms with Crippen molar-refractivity contribution in [3.05, 3.63) is 23.8 Å². The van der Waals surface area contributed by atoms with Crippen molar-refractivity contribution in [3.8, 4) is 0 Å². The number of aromatic nitrogens is 3. The van der Waals surface area contributed by atoms with Gasteiger partial charge in [0, 0.05) is 24.5 Å². The monoisotopic (exact) mass is 217 g/mol. The van der Waals surface area contributed by atoms with Crippen molar-refractivity contribution in [2.45, 2.75) is 39.5 Å². The van der Waals surface area contributed by atoms with Crippen molar-refractivity contribution in [1.29, 1.82) is 0 Å². The van der Waals surface area contributed by atoms with Crippen molar-refractivity contribution in [3.63, 3.8) is 0 Å². The summed E-state index contributed by atoms with van der Waals surface area (Å²) in [6, 6.07) is 2.11. The molecule has 0 saturated carbocycles. The van der Waals surface area contributed by atoms with Gasteiger partial charge in [0.2, 0.25) is 0 Å². The van der Waals surface area contributed by atoms with E-state index in [-0.39, 0.29) is 0 Å². The number of hydrogen-bond acceptors (Lipinski definition) is 2. The lowest BCUT2D eigenvalue weighted by Crippen LogP contribution is -2.05. The van der Waals surface area contributed by atoms with E-state index in [1.165, 1.54) is 5.39 Å². The summed E-state index contributed by atoms with van der Waals surface area (Å²) in [5.74, 6) is 1.75. The second kappa shape index (κ2) is 3.89. The van der Waals surface area contributed by atoms with Crippen LogP contribution in [0.15, 0.2) is 12.3 Å². The van der Waals surface area contributed by atoms with E-state index in [1.807, 2.05) is 7.05 Å². The van der Waals surface area contributed by atoms with Gasteiger partial charge in [-0.2, -0.15) is 0 Å². The molecular formula is C13H19N3. The first-order chi connectivity index (χ1) is 7.50. The lowest BCUT2D eigenvalue weighted by molar-refractivity contribution is 0.737. The number of rotatable bonds is 2. The minimum atomic E-state index is 0.372. The zero-order chi connectivity index (χ0) is 11.9. The van der Waals surface area contributed by atoms with Crippen molar-refractivity contribution in [2.75, 3.05) is 0 Å². The third-order valence-corrected chi connectivity index (χ3v) is 2.83. The zero-order valence-corrected chi connectivity index (χ0v) is 10.7. The number of nitrogens with zero attached hydrogens (tertiary/aromatic N) is 3. The Morgan fingerprint density at radius 1 is 1.06 bits per heavy atom. The first-order valence-corrected chi connectivity index (χ1v) is 5.83. The summed E-state index contributed by atoms with van der Waals surface area (Å²) in [5.41, 5.74) is 2.21. The molecule has 3 nitrogen and oxygen atoms in total. The van der Waals surface area contributed by atoms with Crippen LogP contribution >= 0.6 is 0 Å². The van der Waals surface area contributed by atoms with Gasteiger partial charge in [-0.15, -0.1) is 0 Å². The van der Waals surface area contributed by atoms with Crippen LogP contribution in [-0.4, -0.2) is 14.5 Å². The van der Waals surface area contributed by atoms with E-state index in [2.05, 4.69) is 54.5 Å². The molecule has 2 heterocycles. The normalized spacial score (nSPS) is 11.9. The summed E-state index contributed by atoms with van der Waals surface area (Å²) in [4.78, 5) is 9.32. The predicted octanol–water partition coefficient (Wildman–Crippen LogP) is 3.22. The Bertz CT molecular complexity index is 509. The highest BCUT2D eigenvalue weighted by Crippen LogP contribution is 2.25. The molecule has 0 radical (unpaired) electrons. The molecule has 0 spiro atoms. The van der Waals surface area contributed by atoms with Gasteiger partial charge in [0.1, 0.15) is 11.5 Å². The van der Waals surface area contributed by atoms with Crippen molar-refractivity contribution >= 4 is 11.0 Å². The summed E-state index contributed by atoms with van der Waals surface area (Å²) < 4.78 is 2.06. The second-order valence-corrected chi connectivity index (χ2v) is 4.94. The van der Waals surface area contributed by atoms with Gasteiger partial charge in [-0.05, 0) is 12.0 Å². The van der Waals surface area contributed by atoms with Crippen molar-refractivity contribution in [1.82, 2.24) is 14.5 Å². The Kier molecular flexibility index (Phi) is 2.70. The first kappa shape index (κ1) is 11.1. The van der Waals surface area contributed by atoms with Crippen LogP contribution in [0.4, 0.5) is 0 Å². The SMILES string of the molecule is CC(C)c1nc(C(C)C)c2ccn(C)c2n1. The molecule has 0 unspecified atom stereocenters. The molecule has 0 atom stereocenters. The van der Waals surface area contributed by atoms with Crippen LogP contribution < -0.4 is 0 Å².